The number of hydrogen-bond acceptors (Lipinski definition) is 5. The Morgan fingerprint density at radius 2 is 1.79 bits per heavy atom. The first-order chi connectivity index (χ1) is 15.8. The fraction of sp³-hybridized carbons (Fsp3) is 0.182. The molecule has 2 amide bonds. The number of nitrogens with one attached hydrogen (secondary N) is 2. The van der Waals surface area contributed by atoms with Gasteiger partial charge in [0.1, 0.15) is 0 Å². The SMILES string of the molecule is C=CCn1c(CNC(=O)c2ccc(C)cc2)nnc1SCC(=O)Nc1cc(Cl)c(Cl)cc1Cl. The molecule has 7 nitrogen and oxygen atoms in total. The first-order valence-corrected chi connectivity index (χ1v) is 11.9. The van der Waals surface area contributed by atoms with Gasteiger partial charge >= 0.3 is 0 Å². The van der Waals surface area contributed by atoms with Gasteiger partial charge in [0.05, 0.1) is 33.1 Å². The molecule has 0 saturated carbocycles. The second-order valence-corrected chi connectivity index (χ2v) is 9.09. The van der Waals surface area contributed by atoms with Crippen LogP contribution in [-0.2, 0) is 17.9 Å². The minimum atomic E-state index is -0.303. The number of amides is 2. The summed E-state index contributed by atoms with van der Waals surface area (Å²) in [6.07, 6.45) is 1.69. The van der Waals surface area contributed by atoms with Gasteiger partial charge in [0.15, 0.2) is 11.0 Å². The zero-order chi connectivity index (χ0) is 24.0. The molecule has 1 heterocycles. The number of hydrogen-bond donors (Lipinski definition) is 2. The molecule has 0 spiro atoms. The Kier molecular flexibility index (Phi) is 8.80. The largest absolute Gasteiger partial charge is 0.345 e. The highest BCUT2D eigenvalue weighted by atomic mass is 35.5. The Hall–Kier alpha value is -2.52. The molecule has 2 aromatic carbocycles. The summed E-state index contributed by atoms with van der Waals surface area (Å²) in [6.45, 7) is 6.31. The molecule has 11 heteroatoms. The van der Waals surface area contributed by atoms with E-state index in [2.05, 4.69) is 27.4 Å². The number of aromatic nitrogens is 3. The number of nitrogens with zero attached hydrogens (tertiary/aromatic N) is 3. The lowest BCUT2D eigenvalue weighted by molar-refractivity contribution is -0.113. The quantitative estimate of drug-likeness (QED) is 0.222. The van der Waals surface area contributed by atoms with E-state index in [4.69, 9.17) is 34.8 Å². The zero-order valence-corrected chi connectivity index (χ0v) is 20.7. The van der Waals surface area contributed by atoms with E-state index in [1.165, 1.54) is 23.9 Å². The molecule has 172 valence electrons. The van der Waals surface area contributed by atoms with E-state index >= 15 is 0 Å². The van der Waals surface area contributed by atoms with E-state index in [1.54, 1.807) is 22.8 Å². The van der Waals surface area contributed by atoms with Crippen LogP contribution in [0.3, 0.4) is 0 Å². The summed E-state index contributed by atoms with van der Waals surface area (Å²) in [5.74, 6) is 0.0883. The van der Waals surface area contributed by atoms with Crippen molar-refractivity contribution in [1.82, 2.24) is 20.1 Å². The van der Waals surface area contributed by atoms with Gasteiger partial charge in [0, 0.05) is 12.1 Å². The molecule has 0 aliphatic carbocycles. The molecule has 3 rings (SSSR count). The number of halogens is 3. The Balaban J connectivity index is 1.62. The van der Waals surface area contributed by atoms with E-state index in [-0.39, 0.29) is 34.2 Å². The van der Waals surface area contributed by atoms with Crippen LogP contribution in [0.1, 0.15) is 21.7 Å². The van der Waals surface area contributed by atoms with Crippen LogP contribution in [0.25, 0.3) is 0 Å². The second-order valence-electron chi connectivity index (χ2n) is 6.93. The fourth-order valence-corrected chi connectivity index (χ4v) is 4.13. The molecule has 0 unspecified atom stereocenters. The van der Waals surface area contributed by atoms with Gasteiger partial charge in [-0.1, -0.05) is 70.3 Å². The lowest BCUT2D eigenvalue weighted by atomic mass is 10.1. The molecule has 2 N–H and O–H groups in total. The summed E-state index contributed by atoms with van der Waals surface area (Å²) in [5.41, 5.74) is 2.00. The average molecular weight is 525 g/mol. The van der Waals surface area contributed by atoms with Crippen LogP contribution in [0.2, 0.25) is 15.1 Å². The molecule has 0 saturated heterocycles. The molecule has 0 fully saturated rings. The van der Waals surface area contributed by atoms with Crippen molar-refractivity contribution in [2.24, 2.45) is 0 Å². The van der Waals surface area contributed by atoms with Gasteiger partial charge in [-0.05, 0) is 31.2 Å². The lowest BCUT2D eigenvalue weighted by Crippen LogP contribution is -2.24. The minimum Gasteiger partial charge on any atom is -0.345 e. The molecular weight excluding hydrogens is 505 g/mol. The summed E-state index contributed by atoms with van der Waals surface area (Å²) < 4.78 is 1.78. The van der Waals surface area contributed by atoms with Crippen molar-refractivity contribution in [3.05, 3.63) is 81.1 Å². The minimum absolute atomic E-state index is 0.0571. The maximum atomic E-state index is 12.4. The third kappa shape index (κ3) is 6.74. The predicted octanol–water partition coefficient (Wildman–Crippen LogP) is 5.39. The number of anilines is 1. The van der Waals surface area contributed by atoms with Crippen LogP contribution >= 0.6 is 46.6 Å². The molecule has 0 aliphatic rings. The number of rotatable bonds is 9. The number of aryl methyl sites for hydroxylation is 1. The Bertz CT molecular complexity index is 1180. The van der Waals surface area contributed by atoms with Crippen molar-refractivity contribution >= 4 is 64.1 Å². The van der Waals surface area contributed by atoms with Crippen LogP contribution in [0, 0.1) is 6.92 Å². The maximum absolute atomic E-state index is 12.4. The summed E-state index contributed by atoms with van der Waals surface area (Å²) in [7, 11) is 0. The van der Waals surface area contributed by atoms with Gasteiger partial charge in [0.2, 0.25) is 5.91 Å². The second kappa shape index (κ2) is 11.6. The van der Waals surface area contributed by atoms with Crippen molar-refractivity contribution in [3.8, 4) is 0 Å². The van der Waals surface area contributed by atoms with E-state index in [1.807, 2.05) is 19.1 Å². The molecule has 0 aliphatic heterocycles. The highest BCUT2D eigenvalue weighted by molar-refractivity contribution is 7.99. The van der Waals surface area contributed by atoms with Crippen molar-refractivity contribution in [2.75, 3.05) is 11.1 Å². The van der Waals surface area contributed by atoms with Gasteiger partial charge in [-0.2, -0.15) is 0 Å². The van der Waals surface area contributed by atoms with Crippen molar-refractivity contribution in [3.63, 3.8) is 0 Å². The van der Waals surface area contributed by atoms with Gasteiger partial charge in [-0.3, -0.25) is 9.59 Å². The average Bonchev–Trinajstić information content (AvgIpc) is 3.16. The van der Waals surface area contributed by atoms with Crippen LogP contribution < -0.4 is 10.6 Å². The third-order valence-corrected chi connectivity index (χ3v) is 6.44. The van der Waals surface area contributed by atoms with E-state index in [0.717, 1.165) is 5.56 Å². The normalized spacial score (nSPS) is 10.7. The molecule has 0 radical (unpaired) electrons. The lowest BCUT2D eigenvalue weighted by Gasteiger charge is -2.10. The molecule has 0 bridgehead atoms. The van der Waals surface area contributed by atoms with E-state index in [9.17, 15) is 9.59 Å². The molecule has 3 aromatic rings. The van der Waals surface area contributed by atoms with E-state index < -0.39 is 0 Å². The summed E-state index contributed by atoms with van der Waals surface area (Å²) in [6, 6.07) is 10.2. The van der Waals surface area contributed by atoms with Gasteiger partial charge in [0.25, 0.3) is 5.91 Å². The predicted molar refractivity (Wildman–Crippen MR) is 133 cm³/mol. The monoisotopic (exact) mass is 523 g/mol. The van der Waals surface area contributed by atoms with Gasteiger partial charge in [-0.25, -0.2) is 0 Å². The standard InChI is InChI=1S/C22H20Cl3N5O2S/c1-3-8-30-19(11-26-21(32)14-6-4-13(2)5-7-14)28-29-22(30)33-12-20(31)27-18-10-16(24)15(23)9-17(18)25/h3-7,9-10H,1,8,11-12H2,2H3,(H,26,32)(H,27,31). The van der Waals surface area contributed by atoms with Crippen molar-refractivity contribution in [2.45, 2.75) is 25.2 Å². The van der Waals surface area contributed by atoms with Crippen LogP contribution in [0.15, 0.2) is 54.2 Å². The highest BCUT2D eigenvalue weighted by Gasteiger charge is 2.16. The summed E-state index contributed by atoms with van der Waals surface area (Å²) in [4.78, 5) is 24.8. The molecule has 0 atom stereocenters. The topological polar surface area (TPSA) is 88.9 Å². The van der Waals surface area contributed by atoms with Crippen LogP contribution in [-0.4, -0.2) is 32.3 Å². The molecular formula is C22H20Cl3N5O2S. The summed E-state index contributed by atoms with van der Waals surface area (Å²) in [5, 5.41) is 15.2. The Morgan fingerprint density at radius 3 is 2.48 bits per heavy atom. The smallest absolute Gasteiger partial charge is 0.251 e. The van der Waals surface area contributed by atoms with E-state index in [0.29, 0.717) is 33.8 Å². The van der Waals surface area contributed by atoms with Crippen LogP contribution in [0.4, 0.5) is 5.69 Å². The van der Waals surface area contributed by atoms with Gasteiger partial charge < -0.3 is 15.2 Å². The van der Waals surface area contributed by atoms with Gasteiger partial charge in [-0.15, -0.1) is 16.8 Å². The first kappa shape index (κ1) is 25.1. The molecule has 1 aromatic heterocycles. The van der Waals surface area contributed by atoms with Crippen molar-refractivity contribution in [1.29, 1.82) is 0 Å². The van der Waals surface area contributed by atoms with Crippen LogP contribution in [0.5, 0.6) is 0 Å². The third-order valence-electron chi connectivity index (χ3n) is 4.44. The summed E-state index contributed by atoms with van der Waals surface area (Å²) >= 11 is 19.2. The number of benzene rings is 2. The Morgan fingerprint density at radius 1 is 1.09 bits per heavy atom. The number of carbonyl (C=O) groups excluding carboxylic acids is 2. The Labute approximate surface area is 210 Å². The zero-order valence-electron chi connectivity index (χ0n) is 17.6. The number of thioether (sulfide) groups is 1. The fourth-order valence-electron chi connectivity index (χ4n) is 2.77. The highest BCUT2D eigenvalue weighted by Crippen LogP contribution is 2.32. The number of allylic oxidation sites excluding steroid dienone is 1. The molecule has 33 heavy (non-hydrogen) atoms. The van der Waals surface area contributed by atoms with Crippen molar-refractivity contribution < 1.29 is 9.59 Å². The number of carbonyl (C=O) groups is 2. The first-order valence-electron chi connectivity index (χ1n) is 9.73. The maximum Gasteiger partial charge on any atom is 0.251 e.